The molecule has 1 aromatic heterocycles. The second-order valence-corrected chi connectivity index (χ2v) is 4.17. The average Bonchev–Trinajstić information content (AvgIpc) is 2.70. The summed E-state index contributed by atoms with van der Waals surface area (Å²) in [5, 5.41) is 8.83. The highest BCUT2D eigenvalue weighted by Crippen LogP contribution is 1.97. The molecule has 18 heavy (non-hydrogen) atoms. The molecule has 1 heterocycles. The molecule has 0 atom stereocenters. The van der Waals surface area contributed by atoms with Gasteiger partial charge >= 0.3 is 11.8 Å². The van der Waals surface area contributed by atoms with Gasteiger partial charge in [0.15, 0.2) is 5.82 Å². The van der Waals surface area contributed by atoms with Crippen molar-refractivity contribution in [2.45, 2.75) is 13.5 Å². The van der Waals surface area contributed by atoms with Crippen LogP contribution in [0.3, 0.4) is 0 Å². The molecule has 0 radical (unpaired) electrons. The number of nitrogens with two attached hydrogens (primary N) is 1. The summed E-state index contributed by atoms with van der Waals surface area (Å²) in [7, 11) is 1.48. The Morgan fingerprint density at radius 1 is 1.56 bits per heavy atom. The van der Waals surface area contributed by atoms with Crippen LogP contribution in [0.5, 0.6) is 0 Å². The second kappa shape index (κ2) is 6.05. The minimum Gasteiger partial charge on any atom is -0.392 e. The zero-order chi connectivity index (χ0) is 13.7. The molecule has 9 heteroatoms. The lowest BCUT2D eigenvalue weighted by Gasteiger charge is -2.14. The van der Waals surface area contributed by atoms with E-state index in [1.807, 2.05) is 0 Å². The summed E-state index contributed by atoms with van der Waals surface area (Å²) in [6.07, 6.45) is 0. The zero-order valence-electron chi connectivity index (χ0n) is 10.1. The largest absolute Gasteiger partial charge is 0.392 e. The molecular formula is C9H14N6O2S. The molecule has 0 aliphatic heterocycles. The third-order valence-electron chi connectivity index (χ3n) is 1.99. The van der Waals surface area contributed by atoms with E-state index in [9.17, 15) is 9.59 Å². The molecule has 0 saturated heterocycles. The first-order chi connectivity index (χ1) is 8.40. The van der Waals surface area contributed by atoms with Gasteiger partial charge in [-0.05, 0) is 6.92 Å². The van der Waals surface area contributed by atoms with Crippen molar-refractivity contribution in [3.05, 3.63) is 11.6 Å². The van der Waals surface area contributed by atoms with Gasteiger partial charge in [-0.2, -0.15) is 5.10 Å². The standard InChI is InChI=1S/C9H14N6O2S/c1-5-12-7(14-13-5)4-15(2)9(17)8(16)11-3-6(10)18/h3-4H2,1-2H3,(H2,10,18)(H,11,16)(H,12,13,14). The number of aromatic amines is 1. The van der Waals surface area contributed by atoms with Crippen LogP contribution < -0.4 is 11.1 Å². The van der Waals surface area contributed by atoms with Crippen LogP contribution >= 0.6 is 12.2 Å². The normalized spacial score (nSPS) is 9.89. The summed E-state index contributed by atoms with van der Waals surface area (Å²) in [5.74, 6) is -0.388. The first kappa shape index (κ1) is 14.0. The molecule has 0 aliphatic rings. The van der Waals surface area contributed by atoms with Crippen molar-refractivity contribution in [2.75, 3.05) is 13.6 Å². The smallest absolute Gasteiger partial charge is 0.312 e. The molecule has 98 valence electrons. The lowest BCUT2D eigenvalue weighted by atomic mass is 10.4. The van der Waals surface area contributed by atoms with Gasteiger partial charge in [0.25, 0.3) is 0 Å². The van der Waals surface area contributed by atoms with Gasteiger partial charge in [-0.25, -0.2) is 4.98 Å². The minimum absolute atomic E-state index is 0.00644. The third kappa shape index (κ3) is 4.09. The number of thiocarbonyl (C=S) groups is 1. The Kier molecular flexibility index (Phi) is 4.72. The molecule has 0 unspecified atom stereocenters. The molecule has 4 N–H and O–H groups in total. The van der Waals surface area contributed by atoms with Gasteiger partial charge in [-0.1, -0.05) is 12.2 Å². The van der Waals surface area contributed by atoms with Crippen molar-refractivity contribution >= 4 is 29.0 Å². The number of aryl methyl sites for hydroxylation is 1. The van der Waals surface area contributed by atoms with Gasteiger partial charge in [0.05, 0.1) is 18.1 Å². The first-order valence-electron chi connectivity index (χ1n) is 5.09. The van der Waals surface area contributed by atoms with E-state index in [1.165, 1.54) is 11.9 Å². The van der Waals surface area contributed by atoms with Crippen LogP contribution in [0.1, 0.15) is 11.6 Å². The Labute approximate surface area is 109 Å². The zero-order valence-corrected chi connectivity index (χ0v) is 10.9. The van der Waals surface area contributed by atoms with E-state index < -0.39 is 11.8 Å². The number of hydrogen-bond acceptors (Lipinski definition) is 5. The van der Waals surface area contributed by atoms with Crippen molar-refractivity contribution in [3.63, 3.8) is 0 Å². The molecule has 1 rings (SSSR count). The number of nitrogens with zero attached hydrogens (tertiary/aromatic N) is 3. The van der Waals surface area contributed by atoms with Crippen molar-refractivity contribution in [3.8, 4) is 0 Å². The fraction of sp³-hybridized carbons (Fsp3) is 0.444. The van der Waals surface area contributed by atoms with Crippen molar-refractivity contribution < 1.29 is 9.59 Å². The van der Waals surface area contributed by atoms with Crippen molar-refractivity contribution in [2.24, 2.45) is 5.73 Å². The maximum atomic E-state index is 11.6. The lowest BCUT2D eigenvalue weighted by molar-refractivity contribution is -0.145. The number of carbonyl (C=O) groups is 2. The van der Waals surface area contributed by atoms with E-state index in [0.717, 1.165) is 0 Å². The van der Waals surface area contributed by atoms with Crippen LogP contribution in [-0.2, 0) is 16.1 Å². The lowest BCUT2D eigenvalue weighted by Crippen LogP contribution is -2.43. The number of H-pyrrole nitrogens is 1. The van der Waals surface area contributed by atoms with Crippen LogP contribution in [0.4, 0.5) is 0 Å². The average molecular weight is 270 g/mol. The SMILES string of the molecule is Cc1nc(CN(C)C(=O)C(=O)NCC(N)=S)n[nH]1. The highest BCUT2D eigenvalue weighted by atomic mass is 32.1. The fourth-order valence-corrected chi connectivity index (χ4v) is 1.23. The highest BCUT2D eigenvalue weighted by molar-refractivity contribution is 7.80. The number of carbonyl (C=O) groups excluding carboxylic acids is 2. The van der Waals surface area contributed by atoms with Gasteiger partial charge in [-0.15, -0.1) is 0 Å². The number of hydrogen-bond donors (Lipinski definition) is 3. The Balaban J connectivity index is 2.50. The molecule has 1 aromatic rings. The predicted octanol–water partition coefficient (Wildman–Crippen LogP) is -1.53. The van der Waals surface area contributed by atoms with E-state index in [-0.39, 0.29) is 18.1 Å². The summed E-state index contributed by atoms with van der Waals surface area (Å²) in [5.41, 5.74) is 5.21. The molecule has 0 bridgehead atoms. The number of rotatable bonds is 4. The molecular weight excluding hydrogens is 256 g/mol. The van der Waals surface area contributed by atoms with Gasteiger partial charge in [0, 0.05) is 7.05 Å². The van der Waals surface area contributed by atoms with Gasteiger partial charge in [0.2, 0.25) is 0 Å². The molecule has 8 nitrogen and oxygen atoms in total. The summed E-state index contributed by atoms with van der Waals surface area (Å²) in [6, 6.07) is 0. The Morgan fingerprint density at radius 3 is 2.72 bits per heavy atom. The molecule has 0 aliphatic carbocycles. The monoisotopic (exact) mass is 270 g/mol. The van der Waals surface area contributed by atoms with E-state index in [1.54, 1.807) is 6.92 Å². The summed E-state index contributed by atoms with van der Waals surface area (Å²) in [6.45, 7) is 1.88. The topological polar surface area (TPSA) is 117 Å². The molecule has 0 saturated carbocycles. The number of likely N-dealkylation sites (N-methyl/N-ethyl adjacent to an activating group) is 1. The maximum absolute atomic E-state index is 11.6. The fourth-order valence-electron chi connectivity index (χ4n) is 1.16. The molecule has 0 fully saturated rings. The number of amides is 2. The minimum atomic E-state index is -0.766. The molecule has 0 spiro atoms. The van der Waals surface area contributed by atoms with Crippen LogP contribution in [-0.4, -0.2) is 50.5 Å². The van der Waals surface area contributed by atoms with E-state index >= 15 is 0 Å². The second-order valence-electron chi connectivity index (χ2n) is 3.65. The summed E-state index contributed by atoms with van der Waals surface area (Å²) >= 11 is 4.59. The first-order valence-corrected chi connectivity index (χ1v) is 5.50. The summed E-state index contributed by atoms with van der Waals surface area (Å²) in [4.78, 5) is 28.4. The number of aromatic nitrogens is 3. The van der Waals surface area contributed by atoms with E-state index in [4.69, 9.17) is 5.73 Å². The Bertz CT molecular complexity index is 471. The van der Waals surface area contributed by atoms with Crippen molar-refractivity contribution in [1.82, 2.24) is 25.4 Å². The Hall–Kier alpha value is -2.03. The van der Waals surface area contributed by atoms with Crippen LogP contribution in [0.25, 0.3) is 0 Å². The Morgan fingerprint density at radius 2 is 2.22 bits per heavy atom. The van der Waals surface area contributed by atoms with Gasteiger partial charge in [0.1, 0.15) is 5.82 Å². The van der Waals surface area contributed by atoms with Crippen LogP contribution in [0, 0.1) is 6.92 Å². The predicted molar refractivity (Wildman–Crippen MR) is 67.4 cm³/mol. The summed E-state index contributed by atoms with van der Waals surface area (Å²) < 4.78 is 0. The third-order valence-corrected chi connectivity index (χ3v) is 2.13. The van der Waals surface area contributed by atoms with Crippen LogP contribution in [0.15, 0.2) is 0 Å². The van der Waals surface area contributed by atoms with Gasteiger partial charge < -0.3 is 16.0 Å². The number of nitrogens with one attached hydrogen (secondary N) is 2. The quantitative estimate of drug-likeness (QED) is 0.451. The molecule has 0 aromatic carbocycles. The van der Waals surface area contributed by atoms with E-state index in [0.29, 0.717) is 11.6 Å². The van der Waals surface area contributed by atoms with Crippen molar-refractivity contribution in [1.29, 1.82) is 0 Å². The maximum Gasteiger partial charge on any atom is 0.312 e. The highest BCUT2D eigenvalue weighted by Gasteiger charge is 2.19. The van der Waals surface area contributed by atoms with Gasteiger partial charge in [-0.3, -0.25) is 14.7 Å². The van der Waals surface area contributed by atoms with Crippen LogP contribution in [0.2, 0.25) is 0 Å². The molecule has 2 amide bonds. The van der Waals surface area contributed by atoms with E-state index in [2.05, 4.69) is 32.7 Å².